The van der Waals surface area contributed by atoms with E-state index in [1.54, 1.807) is 0 Å². The van der Waals surface area contributed by atoms with Gasteiger partial charge in [-0.2, -0.15) is 0 Å². The van der Waals surface area contributed by atoms with Gasteiger partial charge < -0.3 is 10.3 Å². The minimum absolute atomic E-state index is 0.177. The molecule has 3 rings (SSSR count). The molecule has 1 atom stereocenters. The first-order valence-electron chi connectivity index (χ1n) is 7.27. The highest BCUT2D eigenvalue weighted by Gasteiger charge is 2.19. The molecule has 2 aromatic rings. The van der Waals surface area contributed by atoms with Gasteiger partial charge in [0.05, 0.1) is 17.1 Å². The van der Waals surface area contributed by atoms with Gasteiger partial charge in [0, 0.05) is 0 Å². The summed E-state index contributed by atoms with van der Waals surface area (Å²) >= 11 is 0. The van der Waals surface area contributed by atoms with Crippen LogP contribution in [0.4, 0.5) is 0 Å². The van der Waals surface area contributed by atoms with Crippen LogP contribution < -0.4 is 5.32 Å². The molecule has 1 fully saturated rings. The van der Waals surface area contributed by atoms with E-state index in [1.807, 2.05) is 0 Å². The highest BCUT2D eigenvalue weighted by molar-refractivity contribution is 5.76. The lowest BCUT2D eigenvalue weighted by Gasteiger charge is -2.21. The summed E-state index contributed by atoms with van der Waals surface area (Å²) in [7, 11) is 0. The normalized spacial score (nSPS) is 20.9. The lowest BCUT2D eigenvalue weighted by Crippen LogP contribution is -2.27. The van der Waals surface area contributed by atoms with Crippen molar-refractivity contribution in [2.24, 2.45) is 0 Å². The van der Waals surface area contributed by atoms with Gasteiger partial charge in [-0.1, -0.05) is 33.3 Å². The summed E-state index contributed by atoms with van der Waals surface area (Å²) in [5, 5.41) is 3.55. The van der Waals surface area contributed by atoms with Crippen LogP contribution in [0.3, 0.4) is 0 Å². The van der Waals surface area contributed by atoms with Crippen LogP contribution >= 0.6 is 0 Å². The van der Waals surface area contributed by atoms with Crippen LogP contribution in [0.25, 0.3) is 11.0 Å². The van der Waals surface area contributed by atoms with Gasteiger partial charge >= 0.3 is 0 Å². The second kappa shape index (κ2) is 4.64. The third-order valence-corrected chi connectivity index (χ3v) is 4.01. The van der Waals surface area contributed by atoms with E-state index in [0.29, 0.717) is 6.04 Å². The standard InChI is InChI=1S/C16H23N3/c1-16(2,3)11-7-8-12-14(10-11)19-15(18-12)13-6-4-5-9-17-13/h7-8,10,13,17H,4-6,9H2,1-3H3,(H,18,19). The molecule has 0 spiro atoms. The Labute approximate surface area is 114 Å². The Hall–Kier alpha value is -1.35. The van der Waals surface area contributed by atoms with Gasteiger partial charge in [0.15, 0.2) is 0 Å². The van der Waals surface area contributed by atoms with Gasteiger partial charge in [0.25, 0.3) is 0 Å². The van der Waals surface area contributed by atoms with Gasteiger partial charge in [-0.25, -0.2) is 4.98 Å². The van der Waals surface area contributed by atoms with Crippen molar-refractivity contribution < 1.29 is 0 Å². The third kappa shape index (κ3) is 2.52. The van der Waals surface area contributed by atoms with E-state index in [-0.39, 0.29) is 5.41 Å². The Morgan fingerprint density at radius 1 is 1.21 bits per heavy atom. The number of H-pyrrole nitrogens is 1. The Balaban J connectivity index is 1.96. The number of nitrogens with zero attached hydrogens (tertiary/aromatic N) is 1. The molecule has 1 unspecified atom stereocenters. The van der Waals surface area contributed by atoms with E-state index in [2.05, 4.69) is 49.3 Å². The molecule has 102 valence electrons. The molecular formula is C16H23N3. The predicted octanol–water partition coefficient (Wildman–Crippen LogP) is 3.68. The van der Waals surface area contributed by atoms with Crippen LogP contribution in [0.5, 0.6) is 0 Å². The van der Waals surface area contributed by atoms with Crippen molar-refractivity contribution in [2.75, 3.05) is 6.54 Å². The van der Waals surface area contributed by atoms with Crippen molar-refractivity contribution in [3.05, 3.63) is 29.6 Å². The fraction of sp³-hybridized carbons (Fsp3) is 0.562. The van der Waals surface area contributed by atoms with Crippen molar-refractivity contribution >= 4 is 11.0 Å². The van der Waals surface area contributed by atoms with Crippen LogP contribution in [0.15, 0.2) is 18.2 Å². The van der Waals surface area contributed by atoms with E-state index in [9.17, 15) is 0 Å². The van der Waals surface area contributed by atoms with Gasteiger partial charge in [-0.05, 0) is 42.5 Å². The summed E-state index contributed by atoms with van der Waals surface area (Å²) < 4.78 is 0. The molecule has 2 N–H and O–H groups in total. The van der Waals surface area contributed by atoms with Gasteiger partial charge in [-0.15, -0.1) is 0 Å². The first-order valence-corrected chi connectivity index (χ1v) is 7.27. The van der Waals surface area contributed by atoms with Gasteiger partial charge in [-0.3, -0.25) is 0 Å². The average Bonchev–Trinajstić information content (AvgIpc) is 2.81. The molecule has 1 aromatic heterocycles. The maximum absolute atomic E-state index is 4.79. The Kier molecular flexibility index (Phi) is 3.09. The zero-order chi connectivity index (χ0) is 13.5. The summed E-state index contributed by atoms with van der Waals surface area (Å²) in [6, 6.07) is 6.99. The lowest BCUT2D eigenvalue weighted by atomic mass is 9.87. The van der Waals surface area contributed by atoms with Crippen LogP contribution in [0.1, 0.15) is 57.5 Å². The fourth-order valence-electron chi connectivity index (χ4n) is 2.74. The fourth-order valence-corrected chi connectivity index (χ4v) is 2.74. The number of aromatic nitrogens is 2. The molecule has 19 heavy (non-hydrogen) atoms. The molecule has 1 saturated heterocycles. The summed E-state index contributed by atoms with van der Waals surface area (Å²) in [5.74, 6) is 1.10. The van der Waals surface area contributed by atoms with Gasteiger partial charge in [0.1, 0.15) is 5.82 Å². The van der Waals surface area contributed by atoms with Crippen LogP contribution in [0.2, 0.25) is 0 Å². The highest BCUT2D eigenvalue weighted by atomic mass is 15.0. The van der Waals surface area contributed by atoms with Crippen molar-refractivity contribution in [3.63, 3.8) is 0 Å². The van der Waals surface area contributed by atoms with Crippen molar-refractivity contribution in [1.29, 1.82) is 0 Å². The van der Waals surface area contributed by atoms with E-state index in [1.165, 1.54) is 24.8 Å². The smallest absolute Gasteiger partial charge is 0.124 e. The zero-order valence-electron chi connectivity index (χ0n) is 12.1. The largest absolute Gasteiger partial charge is 0.341 e. The molecule has 1 aromatic carbocycles. The minimum Gasteiger partial charge on any atom is -0.341 e. The number of piperidine rings is 1. The topological polar surface area (TPSA) is 40.7 Å². The second-order valence-corrected chi connectivity index (χ2v) is 6.61. The molecule has 2 heterocycles. The minimum atomic E-state index is 0.177. The molecular weight excluding hydrogens is 234 g/mol. The highest BCUT2D eigenvalue weighted by Crippen LogP contribution is 2.27. The number of hydrogen-bond donors (Lipinski definition) is 2. The number of rotatable bonds is 1. The molecule has 0 radical (unpaired) electrons. The van der Waals surface area contributed by atoms with E-state index >= 15 is 0 Å². The summed E-state index contributed by atoms with van der Waals surface area (Å²) in [6.07, 6.45) is 3.76. The monoisotopic (exact) mass is 257 g/mol. The molecule has 0 saturated carbocycles. The van der Waals surface area contributed by atoms with Crippen LogP contribution in [-0.4, -0.2) is 16.5 Å². The van der Waals surface area contributed by atoms with E-state index in [4.69, 9.17) is 4.98 Å². The van der Waals surface area contributed by atoms with E-state index in [0.717, 1.165) is 23.4 Å². The molecule has 1 aliphatic heterocycles. The summed E-state index contributed by atoms with van der Waals surface area (Å²) in [4.78, 5) is 8.26. The van der Waals surface area contributed by atoms with Crippen molar-refractivity contribution in [2.45, 2.75) is 51.5 Å². The number of benzene rings is 1. The first kappa shape index (κ1) is 12.7. The number of aromatic amines is 1. The Morgan fingerprint density at radius 2 is 2.05 bits per heavy atom. The maximum atomic E-state index is 4.79. The zero-order valence-corrected chi connectivity index (χ0v) is 12.1. The van der Waals surface area contributed by atoms with Crippen LogP contribution in [0, 0.1) is 0 Å². The molecule has 1 aliphatic rings. The van der Waals surface area contributed by atoms with Crippen LogP contribution in [-0.2, 0) is 5.41 Å². The summed E-state index contributed by atoms with van der Waals surface area (Å²) in [6.45, 7) is 7.83. The van der Waals surface area contributed by atoms with Crippen molar-refractivity contribution in [3.8, 4) is 0 Å². The van der Waals surface area contributed by atoms with Crippen molar-refractivity contribution in [1.82, 2.24) is 15.3 Å². The quantitative estimate of drug-likeness (QED) is 0.818. The summed E-state index contributed by atoms with van der Waals surface area (Å²) in [5.41, 5.74) is 3.76. The Morgan fingerprint density at radius 3 is 2.74 bits per heavy atom. The third-order valence-electron chi connectivity index (χ3n) is 4.01. The number of imidazole rings is 1. The predicted molar refractivity (Wildman–Crippen MR) is 79.4 cm³/mol. The first-order chi connectivity index (χ1) is 9.04. The number of nitrogens with one attached hydrogen (secondary N) is 2. The van der Waals surface area contributed by atoms with E-state index < -0.39 is 0 Å². The number of fused-ring (bicyclic) bond motifs is 1. The molecule has 0 aliphatic carbocycles. The molecule has 3 nitrogen and oxygen atoms in total. The number of hydrogen-bond acceptors (Lipinski definition) is 2. The Bertz CT molecular complexity index is 571. The second-order valence-electron chi connectivity index (χ2n) is 6.61. The lowest BCUT2D eigenvalue weighted by molar-refractivity contribution is 0.400. The maximum Gasteiger partial charge on any atom is 0.124 e. The molecule has 3 heteroatoms. The SMILES string of the molecule is CC(C)(C)c1ccc2[nH]c(C3CCCCN3)nc2c1. The van der Waals surface area contributed by atoms with Gasteiger partial charge in [0.2, 0.25) is 0 Å². The molecule has 0 amide bonds. The molecule has 0 bridgehead atoms. The average molecular weight is 257 g/mol.